The van der Waals surface area contributed by atoms with Gasteiger partial charge in [-0.25, -0.2) is 9.97 Å². The first-order valence-corrected chi connectivity index (χ1v) is 7.79. The van der Waals surface area contributed by atoms with Gasteiger partial charge in [0.2, 0.25) is 5.91 Å². The van der Waals surface area contributed by atoms with Crippen LogP contribution in [0.15, 0.2) is 6.07 Å². The molecule has 114 valence electrons. The summed E-state index contributed by atoms with van der Waals surface area (Å²) >= 11 is 0. The number of amides is 1. The molecule has 6 nitrogen and oxygen atoms in total. The summed E-state index contributed by atoms with van der Waals surface area (Å²) in [4.78, 5) is 23.3. The number of nitrogens with zero attached hydrogens (tertiary/aromatic N) is 3. The van der Waals surface area contributed by atoms with Crippen LogP contribution in [0.3, 0.4) is 0 Å². The van der Waals surface area contributed by atoms with E-state index in [-0.39, 0.29) is 11.9 Å². The summed E-state index contributed by atoms with van der Waals surface area (Å²) in [5.74, 6) is 3.06. The molecule has 2 fully saturated rings. The molecular formula is C15H23N5O. The lowest BCUT2D eigenvalue weighted by Gasteiger charge is -2.21. The van der Waals surface area contributed by atoms with Crippen molar-refractivity contribution in [3.63, 3.8) is 0 Å². The van der Waals surface area contributed by atoms with Crippen molar-refractivity contribution in [2.45, 2.75) is 44.6 Å². The fourth-order valence-electron chi connectivity index (χ4n) is 2.69. The molecule has 1 saturated carbocycles. The van der Waals surface area contributed by atoms with Crippen LogP contribution >= 0.6 is 0 Å². The van der Waals surface area contributed by atoms with Crippen molar-refractivity contribution in [3.05, 3.63) is 11.9 Å². The van der Waals surface area contributed by atoms with Gasteiger partial charge < -0.3 is 15.5 Å². The second-order valence-corrected chi connectivity index (χ2v) is 5.92. The average Bonchev–Trinajstić information content (AvgIpc) is 3.21. The molecular weight excluding hydrogens is 266 g/mol. The minimum Gasteiger partial charge on any atom is -0.373 e. The molecule has 6 heteroatoms. The summed E-state index contributed by atoms with van der Waals surface area (Å²) in [6, 6.07) is 1.61. The van der Waals surface area contributed by atoms with Gasteiger partial charge in [0.05, 0.1) is 0 Å². The molecule has 1 aliphatic heterocycles. The van der Waals surface area contributed by atoms with Gasteiger partial charge in [0.1, 0.15) is 23.5 Å². The molecule has 0 aromatic carbocycles. The number of nitrogens with one attached hydrogen (secondary N) is 2. The van der Waals surface area contributed by atoms with E-state index < -0.39 is 0 Å². The lowest BCUT2D eigenvalue weighted by atomic mass is 10.3. The van der Waals surface area contributed by atoms with Crippen molar-refractivity contribution in [1.82, 2.24) is 14.9 Å². The maximum atomic E-state index is 12.3. The molecule has 1 atom stereocenters. The number of rotatable bonds is 5. The van der Waals surface area contributed by atoms with Crippen molar-refractivity contribution >= 4 is 17.5 Å². The quantitative estimate of drug-likeness (QED) is 0.865. The number of carbonyl (C=O) groups is 1. The Labute approximate surface area is 125 Å². The minimum absolute atomic E-state index is 0.157. The van der Waals surface area contributed by atoms with Crippen molar-refractivity contribution in [2.75, 3.05) is 30.8 Å². The average molecular weight is 289 g/mol. The van der Waals surface area contributed by atoms with Crippen LogP contribution in [0.5, 0.6) is 0 Å². The molecule has 1 aromatic rings. The predicted molar refractivity (Wildman–Crippen MR) is 82.5 cm³/mol. The first-order valence-electron chi connectivity index (χ1n) is 7.79. The van der Waals surface area contributed by atoms with Crippen LogP contribution in [0.25, 0.3) is 0 Å². The van der Waals surface area contributed by atoms with E-state index in [1.54, 1.807) is 0 Å². The summed E-state index contributed by atoms with van der Waals surface area (Å²) in [5, 5.41) is 6.30. The third kappa shape index (κ3) is 3.25. The molecule has 2 aliphatic rings. The highest BCUT2D eigenvalue weighted by molar-refractivity contribution is 5.84. The lowest BCUT2D eigenvalue weighted by molar-refractivity contribution is -0.130. The Morgan fingerprint density at radius 2 is 1.95 bits per heavy atom. The lowest BCUT2D eigenvalue weighted by Crippen LogP contribution is -2.39. The van der Waals surface area contributed by atoms with Gasteiger partial charge in [-0.3, -0.25) is 4.79 Å². The molecule has 2 N–H and O–H groups in total. The van der Waals surface area contributed by atoms with Crippen molar-refractivity contribution < 1.29 is 4.79 Å². The van der Waals surface area contributed by atoms with Crippen LogP contribution in [0.2, 0.25) is 0 Å². The highest BCUT2D eigenvalue weighted by Gasteiger charge is 2.28. The Morgan fingerprint density at radius 1 is 1.29 bits per heavy atom. The molecule has 2 heterocycles. The van der Waals surface area contributed by atoms with Crippen LogP contribution in [0, 0.1) is 0 Å². The Kier molecular flexibility index (Phi) is 3.94. The minimum atomic E-state index is -0.255. The van der Waals surface area contributed by atoms with Crippen LogP contribution in [-0.2, 0) is 4.79 Å². The standard InChI is InChI=1S/C15H23N5O/c1-10(15(21)20-7-3-4-8-20)17-13-9-12(16-2)18-14(19-13)11-5-6-11/h9-11H,3-8H2,1-2H3,(H2,16,17,18,19). The maximum absolute atomic E-state index is 12.3. The number of likely N-dealkylation sites (tertiary alicyclic amines) is 1. The summed E-state index contributed by atoms with van der Waals surface area (Å²) < 4.78 is 0. The highest BCUT2D eigenvalue weighted by atomic mass is 16.2. The first-order chi connectivity index (χ1) is 10.2. The Morgan fingerprint density at radius 3 is 2.57 bits per heavy atom. The molecule has 1 amide bonds. The summed E-state index contributed by atoms with van der Waals surface area (Å²) in [6.45, 7) is 3.66. The fraction of sp³-hybridized carbons (Fsp3) is 0.667. The Bertz CT molecular complexity index is 523. The molecule has 1 unspecified atom stereocenters. The van der Waals surface area contributed by atoms with Gasteiger partial charge in [0.25, 0.3) is 0 Å². The zero-order valence-corrected chi connectivity index (χ0v) is 12.7. The summed E-state index contributed by atoms with van der Waals surface area (Å²) in [6.07, 6.45) is 4.55. The summed E-state index contributed by atoms with van der Waals surface area (Å²) in [7, 11) is 1.85. The molecule has 0 bridgehead atoms. The summed E-state index contributed by atoms with van der Waals surface area (Å²) in [5.41, 5.74) is 0. The zero-order valence-electron chi connectivity index (χ0n) is 12.7. The van der Waals surface area contributed by atoms with Gasteiger partial charge in [-0.1, -0.05) is 0 Å². The van der Waals surface area contributed by atoms with E-state index in [4.69, 9.17) is 0 Å². The molecule has 3 rings (SSSR count). The number of carbonyl (C=O) groups excluding carboxylic acids is 1. The van der Waals surface area contributed by atoms with E-state index in [9.17, 15) is 4.79 Å². The normalized spacial score (nSPS) is 19.4. The fourth-order valence-corrected chi connectivity index (χ4v) is 2.69. The van der Waals surface area contributed by atoms with E-state index in [0.717, 1.165) is 56.2 Å². The monoisotopic (exact) mass is 289 g/mol. The number of aromatic nitrogens is 2. The highest BCUT2D eigenvalue weighted by Crippen LogP contribution is 2.38. The third-order valence-electron chi connectivity index (χ3n) is 4.09. The zero-order chi connectivity index (χ0) is 14.8. The topological polar surface area (TPSA) is 70.2 Å². The van der Waals surface area contributed by atoms with Crippen LogP contribution in [-0.4, -0.2) is 47.0 Å². The van der Waals surface area contributed by atoms with Crippen LogP contribution in [0.1, 0.15) is 44.3 Å². The van der Waals surface area contributed by atoms with E-state index in [1.165, 1.54) is 0 Å². The molecule has 1 aromatic heterocycles. The van der Waals surface area contributed by atoms with Gasteiger partial charge in [0, 0.05) is 32.1 Å². The first kappa shape index (κ1) is 14.1. The third-order valence-corrected chi connectivity index (χ3v) is 4.09. The van der Waals surface area contributed by atoms with Crippen molar-refractivity contribution in [2.24, 2.45) is 0 Å². The Hall–Kier alpha value is -1.85. The second-order valence-electron chi connectivity index (χ2n) is 5.92. The van der Waals surface area contributed by atoms with E-state index in [1.807, 2.05) is 24.9 Å². The van der Waals surface area contributed by atoms with Gasteiger partial charge in [-0.05, 0) is 32.6 Å². The van der Waals surface area contributed by atoms with Crippen LogP contribution in [0.4, 0.5) is 11.6 Å². The van der Waals surface area contributed by atoms with Gasteiger partial charge >= 0.3 is 0 Å². The smallest absolute Gasteiger partial charge is 0.244 e. The molecule has 1 saturated heterocycles. The number of hydrogen-bond donors (Lipinski definition) is 2. The van der Waals surface area contributed by atoms with Gasteiger partial charge in [0.15, 0.2) is 0 Å². The molecule has 21 heavy (non-hydrogen) atoms. The number of anilines is 2. The predicted octanol–water partition coefficient (Wildman–Crippen LogP) is 1.82. The Balaban J connectivity index is 1.70. The molecule has 0 spiro atoms. The van der Waals surface area contributed by atoms with Crippen LogP contribution < -0.4 is 10.6 Å². The van der Waals surface area contributed by atoms with Crippen molar-refractivity contribution in [3.8, 4) is 0 Å². The largest absolute Gasteiger partial charge is 0.373 e. The van der Waals surface area contributed by atoms with E-state index in [0.29, 0.717) is 5.92 Å². The van der Waals surface area contributed by atoms with Gasteiger partial charge in [-0.2, -0.15) is 0 Å². The molecule has 0 radical (unpaired) electrons. The van der Waals surface area contributed by atoms with Crippen molar-refractivity contribution in [1.29, 1.82) is 0 Å². The maximum Gasteiger partial charge on any atom is 0.244 e. The van der Waals surface area contributed by atoms with E-state index >= 15 is 0 Å². The molecule has 1 aliphatic carbocycles. The number of hydrogen-bond acceptors (Lipinski definition) is 5. The van der Waals surface area contributed by atoms with Gasteiger partial charge in [-0.15, -0.1) is 0 Å². The second kappa shape index (κ2) is 5.87. The SMILES string of the molecule is CNc1cc(NC(C)C(=O)N2CCCC2)nc(C2CC2)n1. The van der Waals surface area contributed by atoms with E-state index in [2.05, 4.69) is 20.6 Å².